The Hall–Kier alpha value is -2.94. The number of hydrogen-bond acceptors (Lipinski definition) is 3. The molecule has 0 atom stereocenters. The summed E-state index contributed by atoms with van der Waals surface area (Å²) in [6.07, 6.45) is -3.41. The molecule has 1 fully saturated rings. The van der Waals surface area contributed by atoms with E-state index in [1.54, 1.807) is 6.92 Å². The number of carbonyl (C=O) groups is 2. The fourth-order valence-corrected chi connectivity index (χ4v) is 4.78. The zero-order chi connectivity index (χ0) is 24.1. The minimum Gasteiger partial charge on any atom is -0.481 e. The highest BCUT2D eigenvalue weighted by Gasteiger charge is 2.41. The van der Waals surface area contributed by atoms with Crippen molar-refractivity contribution in [3.8, 4) is 0 Å². The van der Waals surface area contributed by atoms with E-state index in [0.29, 0.717) is 25.7 Å². The SMILES string of the molecule is CC1(c2nn(C(=O)c3c(Cl)cccc3C(F)(F)F)c3cccc(F)c23)CCC(C(=O)O)CC1. The monoisotopic (exact) mass is 482 g/mol. The Labute approximate surface area is 191 Å². The van der Waals surface area contributed by atoms with E-state index in [2.05, 4.69) is 5.10 Å². The maximum atomic E-state index is 14.9. The van der Waals surface area contributed by atoms with Crippen LogP contribution in [0.4, 0.5) is 17.6 Å². The highest BCUT2D eigenvalue weighted by molar-refractivity contribution is 6.34. The van der Waals surface area contributed by atoms with Gasteiger partial charge in [-0.15, -0.1) is 0 Å². The summed E-state index contributed by atoms with van der Waals surface area (Å²) in [5, 5.41) is 13.2. The van der Waals surface area contributed by atoms with E-state index >= 15 is 0 Å². The molecule has 1 saturated carbocycles. The van der Waals surface area contributed by atoms with Gasteiger partial charge in [0, 0.05) is 5.41 Å². The van der Waals surface area contributed by atoms with Crippen LogP contribution in [0.5, 0.6) is 0 Å². The average Bonchev–Trinajstić information content (AvgIpc) is 3.15. The molecule has 1 aliphatic rings. The molecule has 0 spiro atoms. The Morgan fingerprint density at radius 1 is 1.15 bits per heavy atom. The van der Waals surface area contributed by atoms with Crippen molar-refractivity contribution in [3.63, 3.8) is 0 Å². The fraction of sp³-hybridized carbons (Fsp3) is 0.348. The highest BCUT2D eigenvalue weighted by atomic mass is 35.5. The number of carboxylic acids is 1. The molecule has 5 nitrogen and oxygen atoms in total. The Morgan fingerprint density at radius 2 is 1.79 bits per heavy atom. The van der Waals surface area contributed by atoms with Gasteiger partial charge in [0.2, 0.25) is 0 Å². The Kier molecular flexibility index (Phi) is 5.72. The topological polar surface area (TPSA) is 72.2 Å². The smallest absolute Gasteiger partial charge is 0.417 e. The van der Waals surface area contributed by atoms with Gasteiger partial charge in [-0.1, -0.05) is 30.7 Å². The number of nitrogens with zero attached hydrogens (tertiary/aromatic N) is 2. The van der Waals surface area contributed by atoms with Crippen LogP contribution in [0.2, 0.25) is 5.02 Å². The summed E-state index contributed by atoms with van der Waals surface area (Å²) in [6, 6.07) is 6.95. The largest absolute Gasteiger partial charge is 0.481 e. The van der Waals surface area contributed by atoms with Gasteiger partial charge in [-0.05, 0) is 49.9 Å². The van der Waals surface area contributed by atoms with Gasteiger partial charge in [0.25, 0.3) is 5.91 Å². The molecule has 0 radical (unpaired) electrons. The predicted molar refractivity (Wildman–Crippen MR) is 113 cm³/mol. The molecule has 1 heterocycles. The number of carboxylic acid groups (broad SMARTS) is 1. The maximum absolute atomic E-state index is 14.9. The van der Waals surface area contributed by atoms with Crippen LogP contribution in [0.3, 0.4) is 0 Å². The van der Waals surface area contributed by atoms with Crippen molar-refractivity contribution >= 4 is 34.4 Å². The van der Waals surface area contributed by atoms with Gasteiger partial charge < -0.3 is 5.11 Å². The molecule has 0 aliphatic heterocycles. The van der Waals surface area contributed by atoms with Crippen LogP contribution in [0.15, 0.2) is 36.4 Å². The van der Waals surface area contributed by atoms with Crippen LogP contribution in [-0.4, -0.2) is 26.8 Å². The third kappa shape index (κ3) is 3.99. The minimum absolute atomic E-state index is 0.0182. The third-order valence-electron chi connectivity index (χ3n) is 6.39. The van der Waals surface area contributed by atoms with Crippen LogP contribution < -0.4 is 0 Å². The standard InChI is InChI=1S/C23H19ClF4N2O3/c1-22(10-8-12(9-11-22)21(32)33)19-18-15(25)6-3-7-16(18)30(29-19)20(31)17-13(23(26,27)28)4-2-5-14(17)24/h2-7,12H,8-11H2,1H3,(H,32,33). The zero-order valence-electron chi connectivity index (χ0n) is 17.4. The van der Waals surface area contributed by atoms with Gasteiger partial charge in [-0.2, -0.15) is 23.0 Å². The second-order valence-electron chi connectivity index (χ2n) is 8.53. The molecule has 1 aliphatic carbocycles. The van der Waals surface area contributed by atoms with Crippen molar-refractivity contribution < 1.29 is 32.3 Å². The van der Waals surface area contributed by atoms with Crippen molar-refractivity contribution in [2.24, 2.45) is 5.92 Å². The molecule has 0 amide bonds. The zero-order valence-corrected chi connectivity index (χ0v) is 18.2. The molecule has 4 rings (SSSR count). The Morgan fingerprint density at radius 3 is 2.39 bits per heavy atom. The number of alkyl halides is 3. The fourth-order valence-electron chi connectivity index (χ4n) is 4.53. The molecule has 3 aromatic rings. The number of benzene rings is 2. The van der Waals surface area contributed by atoms with Crippen molar-refractivity contribution in [2.75, 3.05) is 0 Å². The lowest BCUT2D eigenvalue weighted by Gasteiger charge is -2.35. The summed E-state index contributed by atoms with van der Waals surface area (Å²) < 4.78 is 56.5. The molecule has 0 saturated heterocycles. The van der Waals surface area contributed by atoms with E-state index in [0.717, 1.165) is 16.8 Å². The molecule has 0 bridgehead atoms. The third-order valence-corrected chi connectivity index (χ3v) is 6.71. The van der Waals surface area contributed by atoms with Crippen molar-refractivity contribution in [1.29, 1.82) is 0 Å². The number of rotatable bonds is 3. The van der Waals surface area contributed by atoms with E-state index in [1.807, 2.05) is 0 Å². The van der Waals surface area contributed by atoms with Crippen LogP contribution in [0.25, 0.3) is 10.9 Å². The first-order valence-corrected chi connectivity index (χ1v) is 10.6. The molecular formula is C23H19ClF4N2O3. The van der Waals surface area contributed by atoms with Crippen LogP contribution in [-0.2, 0) is 16.4 Å². The number of hydrogen-bond donors (Lipinski definition) is 1. The highest BCUT2D eigenvalue weighted by Crippen LogP contribution is 2.44. The number of halogens is 5. The lowest BCUT2D eigenvalue weighted by Crippen LogP contribution is -2.32. The summed E-state index contributed by atoms with van der Waals surface area (Å²) >= 11 is 6.00. The average molecular weight is 483 g/mol. The predicted octanol–water partition coefficient (Wildman–Crippen LogP) is 6.07. The van der Waals surface area contributed by atoms with Gasteiger partial charge in [0.05, 0.1) is 38.7 Å². The molecule has 2 aromatic carbocycles. The number of aromatic nitrogens is 2. The molecule has 0 unspecified atom stereocenters. The van der Waals surface area contributed by atoms with Gasteiger partial charge in [0.1, 0.15) is 5.82 Å². The quantitative estimate of drug-likeness (QED) is 0.460. The van der Waals surface area contributed by atoms with Gasteiger partial charge in [-0.25, -0.2) is 4.39 Å². The first-order valence-electron chi connectivity index (χ1n) is 10.2. The van der Waals surface area contributed by atoms with Crippen molar-refractivity contribution in [2.45, 2.75) is 44.2 Å². The molecule has 33 heavy (non-hydrogen) atoms. The van der Waals surface area contributed by atoms with Gasteiger partial charge in [-0.3, -0.25) is 9.59 Å². The summed E-state index contributed by atoms with van der Waals surface area (Å²) in [7, 11) is 0. The summed E-state index contributed by atoms with van der Waals surface area (Å²) in [5.74, 6) is -3.24. The second kappa shape index (κ2) is 8.13. The normalized spacial score (nSPS) is 21.3. The number of carbonyl (C=O) groups excluding carboxylic acids is 1. The van der Waals surface area contributed by atoms with E-state index in [-0.39, 0.29) is 16.6 Å². The van der Waals surface area contributed by atoms with E-state index in [1.165, 1.54) is 24.3 Å². The molecule has 1 N–H and O–H groups in total. The molecule has 174 valence electrons. The van der Waals surface area contributed by atoms with Crippen LogP contribution in [0.1, 0.15) is 54.2 Å². The minimum atomic E-state index is -4.84. The number of aliphatic carboxylic acids is 1. The van der Waals surface area contributed by atoms with Crippen LogP contribution in [0, 0.1) is 11.7 Å². The molecule has 1 aromatic heterocycles. The second-order valence-corrected chi connectivity index (χ2v) is 8.94. The van der Waals surface area contributed by atoms with Gasteiger partial charge >= 0.3 is 12.1 Å². The van der Waals surface area contributed by atoms with Gasteiger partial charge in [0.15, 0.2) is 0 Å². The molecule has 10 heteroatoms. The Bertz CT molecular complexity index is 1260. The molecular weight excluding hydrogens is 464 g/mol. The van der Waals surface area contributed by atoms with E-state index in [9.17, 15) is 32.3 Å². The van der Waals surface area contributed by atoms with E-state index < -0.39 is 51.4 Å². The summed E-state index contributed by atoms with van der Waals surface area (Å²) in [5.41, 5.74) is -2.51. The Balaban J connectivity index is 1.88. The van der Waals surface area contributed by atoms with E-state index in [4.69, 9.17) is 11.6 Å². The summed E-state index contributed by atoms with van der Waals surface area (Å²) in [4.78, 5) is 24.7. The van der Waals surface area contributed by atoms with Crippen molar-refractivity contribution in [1.82, 2.24) is 9.78 Å². The lowest BCUT2D eigenvalue weighted by atomic mass is 9.69. The first kappa shape index (κ1) is 23.2. The first-order chi connectivity index (χ1) is 15.4. The maximum Gasteiger partial charge on any atom is 0.417 e. The van der Waals surface area contributed by atoms with Crippen molar-refractivity contribution in [3.05, 3.63) is 64.1 Å². The lowest BCUT2D eigenvalue weighted by molar-refractivity contribution is -0.143. The van der Waals surface area contributed by atoms with Crippen LogP contribution >= 0.6 is 11.6 Å². The summed E-state index contributed by atoms with van der Waals surface area (Å²) in [6.45, 7) is 1.80. The number of fused-ring (bicyclic) bond motifs is 1.